The molecule has 0 saturated carbocycles. The number of amides is 1. The zero-order valence-electron chi connectivity index (χ0n) is 14.5. The number of hydrogen-bond acceptors (Lipinski definition) is 4. The van der Waals surface area contributed by atoms with E-state index in [-0.39, 0.29) is 24.2 Å². The number of carbonyl (C=O) groups is 3. The summed E-state index contributed by atoms with van der Waals surface area (Å²) < 4.78 is 5.31. The Hall–Kier alpha value is -2.15. The van der Waals surface area contributed by atoms with E-state index in [9.17, 15) is 14.4 Å². The van der Waals surface area contributed by atoms with Gasteiger partial charge in [0.15, 0.2) is 5.78 Å². The van der Waals surface area contributed by atoms with E-state index < -0.39 is 12.0 Å². The highest BCUT2D eigenvalue weighted by molar-refractivity contribution is 6.03. The van der Waals surface area contributed by atoms with Crippen molar-refractivity contribution in [2.75, 3.05) is 13.7 Å². The first kappa shape index (κ1) is 18.2. The van der Waals surface area contributed by atoms with Crippen molar-refractivity contribution in [2.24, 2.45) is 0 Å². The molecule has 132 valence electrons. The number of nitrogens with one attached hydrogen (secondary N) is 1. The summed E-state index contributed by atoms with van der Waals surface area (Å²) >= 11 is 0. The fraction of sp³-hybridized carbons (Fsp3) is 0.588. The number of rotatable bonds is 6. The minimum atomic E-state index is -0.947. The Labute approximate surface area is 141 Å². The summed E-state index contributed by atoms with van der Waals surface area (Å²) in [6.07, 6.45) is 0.749. The van der Waals surface area contributed by atoms with Gasteiger partial charge in [-0.15, -0.1) is 0 Å². The minimum absolute atomic E-state index is 0.0853. The molecule has 1 aromatic rings. The van der Waals surface area contributed by atoms with Crippen molar-refractivity contribution in [1.82, 2.24) is 9.88 Å². The van der Waals surface area contributed by atoms with Crippen LogP contribution >= 0.6 is 0 Å². The first-order chi connectivity index (χ1) is 11.3. The van der Waals surface area contributed by atoms with Gasteiger partial charge in [-0.05, 0) is 32.3 Å². The molecule has 0 aromatic carbocycles. The topological polar surface area (TPSA) is 99.7 Å². The van der Waals surface area contributed by atoms with E-state index in [2.05, 4.69) is 4.98 Å². The van der Waals surface area contributed by atoms with Gasteiger partial charge in [-0.3, -0.25) is 14.4 Å². The highest BCUT2D eigenvalue weighted by Crippen LogP contribution is 2.28. The second kappa shape index (κ2) is 7.17. The minimum Gasteiger partial charge on any atom is -0.481 e. The molecule has 0 aliphatic carbocycles. The zero-order chi connectivity index (χ0) is 18.0. The van der Waals surface area contributed by atoms with Crippen LogP contribution in [-0.4, -0.2) is 58.5 Å². The summed E-state index contributed by atoms with van der Waals surface area (Å²) in [5.41, 5.74) is 2.30. The van der Waals surface area contributed by atoms with E-state index in [1.807, 2.05) is 6.92 Å². The van der Waals surface area contributed by atoms with Crippen molar-refractivity contribution in [3.63, 3.8) is 0 Å². The number of methoxy groups -OCH3 is 1. The lowest BCUT2D eigenvalue weighted by atomic mass is 10.0. The Morgan fingerprint density at radius 1 is 1.38 bits per heavy atom. The maximum atomic E-state index is 13.0. The molecule has 2 heterocycles. The smallest absolute Gasteiger partial charge is 0.305 e. The quantitative estimate of drug-likeness (QED) is 0.772. The number of Topliss-reactive ketones (excluding diaryl/α,β-unsaturated/α-hetero) is 1. The van der Waals surface area contributed by atoms with Gasteiger partial charge in [0.2, 0.25) is 0 Å². The monoisotopic (exact) mass is 336 g/mol. The van der Waals surface area contributed by atoms with Crippen molar-refractivity contribution < 1.29 is 24.2 Å². The SMILES string of the molecule is CCc1c(C(=O)N2CC(OC)CC2CC(=O)O)[nH]c(C)c1C(C)=O. The van der Waals surface area contributed by atoms with Gasteiger partial charge in [-0.2, -0.15) is 0 Å². The molecule has 0 spiro atoms. The highest BCUT2D eigenvalue weighted by Gasteiger charge is 2.38. The summed E-state index contributed by atoms with van der Waals surface area (Å²) in [6, 6.07) is -0.408. The van der Waals surface area contributed by atoms with Gasteiger partial charge in [0.25, 0.3) is 5.91 Å². The number of ketones is 1. The zero-order valence-corrected chi connectivity index (χ0v) is 14.5. The number of aromatic nitrogens is 1. The van der Waals surface area contributed by atoms with Gasteiger partial charge >= 0.3 is 5.97 Å². The first-order valence-corrected chi connectivity index (χ1v) is 8.08. The Morgan fingerprint density at radius 3 is 2.54 bits per heavy atom. The van der Waals surface area contributed by atoms with E-state index >= 15 is 0 Å². The predicted molar refractivity (Wildman–Crippen MR) is 87.4 cm³/mol. The van der Waals surface area contributed by atoms with Crippen LogP contribution in [0.15, 0.2) is 0 Å². The molecule has 0 radical (unpaired) electrons. The van der Waals surface area contributed by atoms with E-state index in [0.717, 1.165) is 0 Å². The Bertz CT molecular complexity index is 664. The molecule has 1 aliphatic heterocycles. The lowest BCUT2D eigenvalue weighted by molar-refractivity contribution is -0.138. The van der Waals surface area contributed by atoms with Crippen molar-refractivity contribution in [3.05, 3.63) is 22.5 Å². The number of nitrogens with zero attached hydrogens (tertiary/aromatic N) is 1. The Balaban J connectivity index is 2.38. The molecular formula is C17H24N2O5. The van der Waals surface area contributed by atoms with E-state index in [1.165, 1.54) is 6.92 Å². The first-order valence-electron chi connectivity index (χ1n) is 8.08. The highest BCUT2D eigenvalue weighted by atomic mass is 16.5. The van der Waals surface area contributed by atoms with Crippen LogP contribution in [0.2, 0.25) is 0 Å². The normalized spacial score (nSPS) is 20.4. The molecule has 2 atom stereocenters. The Kier molecular flexibility index (Phi) is 5.43. The molecule has 2 rings (SSSR count). The lowest BCUT2D eigenvalue weighted by Crippen LogP contribution is -2.38. The van der Waals surface area contributed by atoms with Crippen molar-refractivity contribution >= 4 is 17.7 Å². The Morgan fingerprint density at radius 2 is 2.04 bits per heavy atom. The number of H-pyrrole nitrogens is 1. The number of carboxylic acid groups (broad SMARTS) is 1. The van der Waals surface area contributed by atoms with Gasteiger partial charge in [-0.25, -0.2) is 0 Å². The number of likely N-dealkylation sites (tertiary alicyclic amines) is 1. The largest absolute Gasteiger partial charge is 0.481 e. The maximum absolute atomic E-state index is 13.0. The molecule has 1 saturated heterocycles. The number of carbonyl (C=O) groups excluding carboxylic acids is 2. The summed E-state index contributed by atoms with van der Waals surface area (Å²) in [5, 5.41) is 9.09. The summed E-state index contributed by atoms with van der Waals surface area (Å²) in [4.78, 5) is 40.5. The van der Waals surface area contributed by atoms with Gasteiger partial charge in [0, 0.05) is 31.0 Å². The molecule has 1 amide bonds. The molecule has 2 unspecified atom stereocenters. The number of aryl methyl sites for hydroxylation is 1. The maximum Gasteiger partial charge on any atom is 0.305 e. The summed E-state index contributed by atoms with van der Waals surface area (Å²) in [7, 11) is 1.56. The van der Waals surface area contributed by atoms with E-state index in [0.29, 0.717) is 41.9 Å². The molecule has 2 N–H and O–H groups in total. The van der Waals surface area contributed by atoms with Crippen LogP contribution in [0.4, 0.5) is 0 Å². The van der Waals surface area contributed by atoms with E-state index in [4.69, 9.17) is 9.84 Å². The van der Waals surface area contributed by atoms with Gasteiger partial charge in [0.1, 0.15) is 5.69 Å². The fourth-order valence-electron chi connectivity index (χ4n) is 3.52. The molecule has 1 aromatic heterocycles. The molecule has 1 fully saturated rings. The van der Waals surface area contributed by atoms with Crippen LogP contribution < -0.4 is 0 Å². The van der Waals surface area contributed by atoms with Crippen LogP contribution in [0.5, 0.6) is 0 Å². The van der Waals surface area contributed by atoms with Crippen LogP contribution in [-0.2, 0) is 16.0 Å². The number of aliphatic carboxylic acids is 1. The van der Waals surface area contributed by atoms with Crippen molar-refractivity contribution in [1.29, 1.82) is 0 Å². The van der Waals surface area contributed by atoms with Gasteiger partial charge < -0.3 is 19.7 Å². The second-order valence-electron chi connectivity index (χ2n) is 6.19. The predicted octanol–water partition coefficient (Wildman–Crippen LogP) is 1.79. The van der Waals surface area contributed by atoms with Crippen LogP contribution in [0.3, 0.4) is 0 Å². The molecule has 7 heteroatoms. The van der Waals surface area contributed by atoms with Crippen molar-refractivity contribution in [3.8, 4) is 0 Å². The molecule has 7 nitrogen and oxygen atoms in total. The number of aromatic amines is 1. The molecular weight excluding hydrogens is 312 g/mol. The molecule has 0 bridgehead atoms. The average Bonchev–Trinajstić information content (AvgIpc) is 3.06. The van der Waals surface area contributed by atoms with E-state index in [1.54, 1.807) is 18.9 Å². The van der Waals surface area contributed by atoms with Crippen molar-refractivity contribution in [2.45, 2.75) is 52.2 Å². The number of carboxylic acids is 1. The van der Waals surface area contributed by atoms with Gasteiger partial charge in [-0.1, -0.05) is 6.92 Å². The second-order valence-corrected chi connectivity index (χ2v) is 6.19. The third-order valence-corrected chi connectivity index (χ3v) is 4.59. The number of ether oxygens (including phenoxy) is 1. The van der Waals surface area contributed by atoms with Crippen LogP contribution in [0, 0.1) is 6.92 Å². The average molecular weight is 336 g/mol. The number of hydrogen-bond donors (Lipinski definition) is 2. The third-order valence-electron chi connectivity index (χ3n) is 4.59. The lowest BCUT2D eigenvalue weighted by Gasteiger charge is -2.23. The summed E-state index contributed by atoms with van der Waals surface area (Å²) in [6.45, 7) is 5.49. The molecule has 24 heavy (non-hydrogen) atoms. The third kappa shape index (κ3) is 3.36. The van der Waals surface area contributed by atoms with Gasteiger partial charge in [0.05, 0.1) is 12.5 Å². The fourth-order valence-corrected chi connectivity index (χ4v) is 3.52. The molecule has 1 aliphatic rings. The summed E-state index contributed by atoms with van der Waals surface area (Å²) in [5.74, 6) is -1.30. The van der Waals surface area contributed by atoms with Crippen LogP contribution in [0.1, 0.15) is 58.8 Å². The van der Waals surface area contributed by atoms with Crippen LogP contribution in [0.25, 0.3) is 0 Å². The standard InChI is InChI=1S/C17H24N2O5/c1-5-13-15(10(3)20)9(2)18-16(13)17(23)19-8-12(24-4)6-11(19)7-14(21)22/h11-12,18H,5-8H2,1-4H3,(H,21,22).